The summed E-state index contributed by atoms with van der Waals surface area (Å²) in [5.74, 6) is -0.137. The molecule has 3 nitrogen and oxygen atoms in total. The predicted molar refractivity (Wildman–Crippen MR) is 101 cm³/mol. The number of nitrogens with zero attached hydrogens (tertiary/aromatic N) is 1. The molecule has 0 spiro atoms. The van der Waals surface area contributed by atoms with Crippen molar-refractivity contribution in [2.75, 3.05) is 6.26 Å². The molecule has 0 aromatic heterocycles. The topological polar surface area (TPSA) is 41.5 Å². The molecule has 0 saturated heterocycles. The molecule has 1 N–H and O–H groups in total. The number of carbonyl (C=O) groups excluding carboxylic acids is 1. The van der Waals surface area contributed by atoms with Crippen molar-refractivity contribution in [3.05, 3.63) is 59.1 Å². The van der Waals surface area contributed by atoms with Crippen LogP contribution in [0.15, 0.2) is 63.4 Å². The van der Waals surface area contributed by atoms with E-state index in [9.17, 15) is 4.79 Å². The highest BCUT2D eigenvalue weighted by Crippen LogP contribution is 2.24. The molecule has 2 aromatic carbocycles. The van der Waals surface area contributed by atoms with E-state index in [2.05, 4.69) is 10.5 Å². The van der Waals surface area contributed by atoms with Gasteiger partial charge in [0, 0.05) is 14.8 Å². The van der Waals surface area contributed by atoms with Crippen LogP contribution in [0.25, 0.3) is 0 Å². The summed E-state index contributed by atoms with van der Waals surface area (Å²) in [5.41, 5.74) is 3.52. The van der Waals surface area contributed by atoms with E-state index in [1.165, 1.54) is 16.7 Å². The second-order valence-corrected chi connectivity index (χ2v) is 7.45. The Labute approximate surface area is 149 Å². The monoisotopic (exact) mass is 364 g/mol. The molecule has 0 bridgehead atoms. The SMILES string of the molecule is CSc1ccc(/C=N/NC(=O)C(C)Sc2ccc(Cl)cc2)cc1. The maximum Gasteiger partial charge on any atom is 0.253 e. The molecule has 0 radical (unpaired) electrons. The van der Waals surface area contributed by atoms with Gasteiger partial charge in [-0.3, -0.25) is 4.79 Å². The fraction of sp³-hybridized carbons (Fsp3) is 0.176. The molecular weight excluding hydrogens is 348 g/mol. The van der Waals surface area contributed by atoms with Crippen LogP contribution < -0.4 is 5.43 Å². The standard InChI is InChI=1S/C17H17ClN2OS2/c1-12(23-16-9-5-14(18)6-10-16)17(21)20-19-11-13-3-7-15(22-2)8-4-13/h3-12H,1-2H3,(H,20,21)/b19-11+. The Bertz CT molecular complexity index is 672. The number of benzene rings is 2. The summed E-state index contributed by atoms with van der Waals surface area (Å²) in [4.78, 5) is 14.2. The van der Waals surface area contributed by atoms with E-state index in [0.29, 0.717) is 5.02 Å². The fourth-order valence-corrected chi connectivity index (χ4v) is 3.12. The average Bonchev–Trinajstić information content (AvgIpc) is 2.57. The van der Waals surface area contributed by atoms with Gasteiger partial charge in [-0.15, -0.1) is 23.5 Å². The lowest BCUT2D eigenvalue weighted by Crippen LogP contribution is -2.26. The van der Waals surface area contributed by atoms with Crippen molar-refractivity contribution in [1.29, 1.82) is 0 Å². The number of thioether (sulfide) groups is 2. The molecule has 23 heavy (non-hydrogen) atoms. The third kappa shape index (κ3) is 5.94. The number of carbonyl (C=O) groups is 1. The second kappa shape index (κ2) is 9.01. The number of hydrazone groups is 1. The van der Waals surface area contributed by atoms with Crippen LogP contribution in [0.1, 0.15) is 12.5 Å². The maximum absolute atomic E-state index is 12.0. The van der Waals surface area contributed by atoms with Gasteiger partial charge in [0.15, 0.2) is 0 Å². The second-order valence-electron chi connectivity index (χ2n) is 4.72. The average molecular weight is 365 g/mol. The number of amides is 1. The van der Waals surface area contributed by atoms with Crippen LogP contribution in [0.5, 0.6) is 0 Å². The van der Waals surface area contributed by atoms with Gasteiger partial charge in [0.25, 0.3) is 5.91 Å². The Kier molecular flexibility index (Phi) is 7.02. The molecule has 2 aromatic rings. The Hall–Kier alpha value is -1.43. The normalized spacial score (nSPS) is 12.3. The van der Waals surface area contributed by atoms with Gasteiger partial charge in [-0.25, -0.2) is 5.43 Å². The third-order valence-corrected chi connectivity index (χ3v) is 5.11. The van der Waals surface area contributed by atoms with Gasteiger partial charge in [-0.05, 0) is 55.1 Å². The van der Waals surface area contributed by atoms with Crippen molar-refractivity contribution < 1.29 is 4.79 Å². The van der Waals surface area contributed by atoms with Gasteiger partial charge >= 0.3 is 0 Å². The van der Waals surface area contributed by atoms with Crippen molar-refractivity contribution >= 4 is 47.2 Å². The Balaban J connectivity index is 1.85. The molecular formula is C17H17ClN2OS2. The molecule has 0 heterocycles. The molecule has 0 fully saturated rings. The molecule has 1 atom stereocenters. The molecule has 120 valence electrons. The summed E-state index contributed by atoms with van der Waals surface area (Å²) >= 11 is 9.00. The summed E-state index contributed by atoms with van der Waals surface area (Å²) in [6.45, 7) is 1.84. The van der Waals surface area contributed by atoms with E-state index in [1.807, 2.05) is 61.7 Å². The largest absolute Gasteiger partial charge is 0.272 e. The molecule has 1 unspecified atom stereocenters. The lowest BCUT2D eigenvalue weighted by molar-refractivity contribution is -0.120. The minimum atomic E-state index is -0.243. The molecule has 1 amide bonds. The molecule has 6 heteroatoms. The molecule has 2 rings (SSSR count). The molecule has 0 aliphatic rings. The number of halogens is 1. The first-order chi connectivity index (χ1) is 11.1. The maximum atomic E-state index is 12.0. The van der Waals surface area contributed by atoms with E-state index in [-0.39, 0.29) is 11.2 Å². The van der Waals surface area contributed by atoms with Crippen LogP contribution in [0.4, 0.5) is 0 Å². The highest BCUT2D eigenvalue weighted by Gasteiger charge is 2.13. The lowest BCUT2D eigenvalue weighted by atomic mass is 10.2. The van der Waals surface area contributed by atoms with Gasteiger partial charge in [-0.2, -0.15) is 5.10 Å². The summed E-state index contributed by atoms with van der Waals surface area (Å²) in [6.07, 6.45) is 3.67. The minimum Gasteiger partial charge on any atom is -0.272 e. The summed E-state index contributed by atoms with van der Waals surface area (Å²) < 4.78 is 0. The Morgan fingerprint density at radius 1 is 1.13 bits per heavy atom. The number of hydrogen-bond acceptors (Lipinski definition) is 4. The minimum absolute atomic E-state index is 0.137. The van der Waals surface area contributed by atoms with Crippen molar-refractivity contribution in [3.63, 3.8) is 0 Å². The van der Waals surface area contributed by atoms with Gasteiger partial charge in [0.1, 0.15) is 0 Å². The first kappa shape index (κ1) is 17.9. The Morgan fingerprint density at radius 2 is 1.74 bits per heavy atom. The Morgan fingerprint density at radius 3 is 2.35 bits per heavy atom. The van der Waals surface area contributed by atoms with E-state index in [4.69, 9.17) is 11.6 Å². The van der Waals surface area contributed by atoms with Crippen molar-refractivity contribution in [1.82, 2.24) is 5.43 Å². The van der Waals surface area contributed by atoms with Crippen LogP contribution in [-0.4, -0.2) is 23.6 Å². The fourth-order valence-electron chi connectivity index (χ4n) is 1.72. The first-order valence-electron chi connectivity index (χ1n) is 6.97. The van der Waals surface area contributed by atoms with Gasteiger partial charge in [0.05, 0.1) is 11.5 Å². The van der Waals surface area contributed by atoms with E-state index in [1.54, 1.807) is 18.0 Å². The summed E-state index contributed by atoms with van der Waals surface area (Å²) in [7, 11) is 0. The predicted octanol–water partition coefficient (Wildman–Crippen LogP) is 4.69. The lowest BCUT2D eigenvalue weighted by Gasteiger charge is -2.09. The van der Waals surface area contributed by atoms with Crippen LogP contribution in [-0.2, 0) is 4.79 Å². The van der Waals surface area contributed by atoms with Crippen LogP contribution in [0.2, 0.25) is 5.02 Å². The smallest absolute Gasteiger partial charge is 0.253 e. The van der Waals surface area contributed by atoms with Gasteiger partial charge in [0.2, 0.25) is 0 Å². The van der Waals surface area contributed by atoms with Crippen molar-refractivity contribution in [3.8, 4) is 0 Å². The van der Waals surface area contributed by atoms with E-state index >= 15 is 0 Å². The van der Waals surface area contributed by atoms with Crippen molar-refractivity contribution in [2.45, 2.75) is 22.0 Å². The van der Waals surface area contributed by atoms with E-state index < -0.39 is 0 Å². The number of hydrogen-bond donors (Lipinski definition) is 1. The number of nitrogens with one attached hydrogen (secondary N) is 1. The zero-order valence-electron chi connectivity index (χ0n) is 12.8. The molecule has 0 aliphatic carbocycles. The van der Waals surface area contributed by atoms with Gasteiger partial charge < -0.3 is 0 Å². The molecule has 0 aliphatic heterocycles. The molecule has 0 saturated carbocycles. The zero-order chi connectivity index (χ0) is 16.7. The van der Waals surface area contributed by atoms with Gasteiger partial charge in [-0.1, -0.05) is 23.7 Å². The quantitative estimate of drug-likeness (QED) is 0.459. The first-order valence-corrected chi connectivity index (χ1v) is 9.46. The van der Waals surface area contributed by atoms with Crippen LogP contribution in [0.3, 0.4) is 0 Å². The highest BCUT2D eigenvalue weighted by atomic mass is 35.5. The van der Waals surface area contributed by atoms with Crippen LogP contribution in [0, 0.1) is 0 Å². The van der Waals surface area contributed by atoms with E-state index in [0.717, 1.165) is 10.5 Å². The summed E-state index contributed by atoms with van der Waals surface area (Å²) in [5, 5.41) is 4.45. The summed E-state index contributed by atoms with van der Waals surface area (Å²) in [6, 6.07) is 15.4. The third-order valence-electron chi connectivity index (χ3n) is 3.00. The van der Waals surface area contributed by atoms with Crippen LogP contribution >= 0.6 is 35.1 Å². The highest BCUT2D eigenvalue weighted by molar-refractivity contribution is 8.00. The van der Waals surface area contributed by atoms with Crippen molar-refractivity contribution in [2.24, 2.45) is 5.10 Å². The number of rotatable bonds is 6. The zero-order valence-corrected chi connectivity index (χ0v) is 15.2.